The van der Waals surface area contributed by atoms with Gasteiger partial charge in [0.15, 0.2) is 0 Å². The fraction of sp³-hybridized carbons (Fsp3) is 0.133. The molecule has 0 saturated carbocycles. The smallest absolute Gasteiger partial charge is 0.257 e. The van der Waals surface area contributed by atoms with Crippen molar-refractivity contribution in [1.29, 1.82) is 0 Å². The van der Waals surface area contributed by atoms with Crippen molar-refractivity contribution in [2.75, 3.05) is 16.4 Å². The molecule has 6 heteroatoms. The Morgan fingerprint density at radius 2 is 1.67 bits per heavy atom. The molecule has 108 valence electrons. The maximum absolute atomic E-state index is 12.2. The van der Waals surface area contributed by atoms with Crippen molar-refractivity contribution in [1.82, 2.24) is 4.98 Å². The van der Waals surface area contributed by atoms with Crippen molar-refractivity contribution < 1.29 is 9.59 Å². The molecule has 4 N–H and O–H groups in total. The molecule has 0 fully saturated rings. The first-order valence-corrected chi connectivity index (χ1v) is 6.37. The van der Waals surface area contributed by atoms with E-state index in [0.717, 1.165) is 0 Å². The highest BCUT2D eigenvalue weighted by Gasteiger charge is 2.10. The summed E-state index contributed by atoms with van der Waals surface area (Å²) in [5, 5.41) is 5.42. The number of nitrogens with two attached hydrogens (primary N) is 1. The minimum absolute atomic E-state index is 0.145. The zero-order valence-corrected chi connectivity index (χ0v) is 11.8. The second-order valence-electron chi connectivity index (χ2n) is 4.61. The summed E-state index contributed by atoms with van der Waals surface area (Å²) < 4.78 is 0. The molecule has 0 bridgehead atoms. The molecule has 1 aromatic carbocycles. The number of nitrogens with one attached hydrogen (secondary N) is 2. The summed E-state index contributed by atoms with van der Waals surface area (Å²) in [5.74, 6) is -0.423. The van der Waals surface area contributed by atoms with Gasteiger partial charge in [-0.3, -0.25) is 14.6 Å². The van der Waals surface area contributed by atoms with Crippen molar-refractivity contribution in [2.24, 2.45) is 0 Å². The van der Waals surface area contributed by atoms with E-state index in [-0.39, 0.29) is 11.8 Å². The van der Waals surface area contributed by atoms with E-state index in [0.29, 0.717) is 28.3 Å². The van der Waals surface area contributed by atoms with Gasteiger partial charge in [-0.2, -0.15) is 0 Å². The normalized spacial score (nSPS) is 10.0. The van der Waals surface area contributed by atoms with Crippen molar-refractivity contribution >= 4 is 28.9 Å². The first-order chi connectivity index (χ1) is 9.95. The number of nitrogen functional groups attached to an aromatic ring is 1. The van der Waals surface area contributed by atoms with Crippen molar-refractivity contribution in [3.63, 3.8) is 0 Å². The molecule has 1 heterocycles. The van der Waals surface area contributed by atoms with Crippen molar-refractivity contribution in [3.8, 4) is 0 Å². The molecule has 21 heavy (non-hydrogen) atoms. The fourth-order valence-corrected chi connectivity index (χ4v) is 1.82. The number of anilines is 3. The van der Waals surface area contributed by atoms with Crippen LogP contribution in [0.15, 0.2) is 36.5 Å². The molecule has 0 aliphatic rings. The molecule has 6 nitrogen and oxygen atoms in total. The Kier molecular flexibility index (Phi) is 4.18. The standard InChI is InChI=1S/C15H16N4O2/c1-9-14(7-11(16)8-17-9)15(21)19-13-5-3-12(4-6-13)18-10(2)20/h3-8H,16H2,1-2H3,(H,18,20)(H,19,21). The number of aryl methyl sites for hydroxylation is 1. The molecule has 1 aromatic heterocycles. The summed E-state index contributed by atoms with van der Waals surface area (Å²) in [6.07, 6.45) is 1.51. The van der Waals surface area contributed by atoms with E-state index in [1.165, 1.54) is 13.1 Å². The predicted molar refractivity (Wildman–Crippen MR) is 82.1 cm³/mol. The lowest BCUT2D eigenvalue weighted by Gasteiger charge is -2.09. The van der Waals surface area contributed by atoms with E-state index in [9.17, 15) is 9.59 Å². The number of nitrogens with zero attached hydrogens (tertiary/aromatic N) is 1. The quantitative estimate of drug-likeness (QED) is 0.804. The molecule has 0 radical (unpaired) electrons. The monoisotopic (exact) mass is 284 g/mol. The summed E-state index contributed by atoms with van der Waals surface area (Å²) in [7, 11) is 0. The molecule has 0 atom stereocenters. The van der Waals surface area contributed by atoms with Crippen LogP contribution in [-0.4, -0.2) is 16.8 Å². The Labute approximate surface area is 122 Å². The zero-order valence-electron chi connectivity index (χ0n) is 11.8. The largest absolute Gasteiger partial charge is 0.397 e. The van der Waals surface area contributed by atoms with E-state index < -0.39 is 0 Å². The van der Waals surface area contributed by atoms with Gasteiger partial charge in [-0.05, 0) is 37.3 Å². The predicted octanol–water partition coefficient (Wildman–Crippen LogP) is 2.18. The first kappa shape index (κ1) is 14.5. The highest BCUT2D eigenvalue weighted by atomic mass is 16.2. The highest BCUT2D eigenvalue weighted by Crippen LogP contribution is 2.16. The third kappa shape index (κ3) is 3.79. The molecule has 0 unspecified atom stereocenters. The molecule has 0 aliphatic carbocycles. The summed E-state index contributed by atoms with van der Waals surface area (Å²) in [6, 6.07) is 8.42. The van der Waals surface area contributed by atoms with Gasteiger partial charge in [0.25, 0.3) is 5.91 Å². The van der Waals surface area contributed by atoms with Crippen LogP contribution >= 0.6 is 0 Å². The second-order valence-corrected chi connectivity index (χ2v) is 4.61. The number of aromatic nitrogens is 1. The van der Waals surface area contributed by atoms with Crippen LogP contribution in [0.4, 0.5) is 17.1 Å². The minimum Gasteiger partial charge on any atom is -0.397 e. The van der Waals surface area contributed by atoms with E-state index in [1.54, 1.807) is 37.3 Å². The minimum atomic E-state index is -0.278. The van der Waals surface area contributed by atoms with Crippen LogP contribution in [0.25, 0.3) is 0 Å². The molecule has 2 amide bonds. The molecule has 0 aliphatic heterocycles. The van der Waals surface area contributed by atoms with Gasteiger partial charge in [0.2, 0.25) is 5.91 Å². The van der Waals surface area contributed by atoms with Crippen LogP contribution in [0.5, 0.6) is 0 Å². The first-order valence-electron chi connectivity index (χ1n) is 6.37. The van der Waals surface area contributed by atoms with Crippen LogP contribution in [0.1, 0.15) is 23.0 Å². The Morgan fingerprint density at radius 1 is 1.10 bits per heavy atom. The van der Waals surface area contributed by atoms with Gasteiger partial charge in [-0.15, -0.1) is 0 Å². The van der Waals surface area contributed by atoms with Crippen LogP contribution in [0.3, 0.4) is 0 Å². The Bertz CT molecular complexity index is 681. The van der Waals surface area contributed by atoms with Gasteiger partial charge in [0.05, 0.1) is 23.1 Å². The SMILES string of the molecule is CC(=O)Nc1ccc(NC(=O)c2cc(N)cnc2C)cc1. The van der Waals surface area contributed by atoms with Gasteiger partial charge < -0.3 is 16.4 Å². The van der Waals surface area contributed by atoms with Gasteiger partial charge in [-0.1, -0.05) is 0 Å². The number of hydrogen-bond acceptors (Lipinski definition) is 4. The Balaban J connectivity index is 2.12. The number of pyridine rings is 1. The van der Waals surface area contributed by atoms with Crippen LogP contribution in [0.2, 0.25) is 0 Å². The third-order valence-corrected chi connectivity index (χ3v) is 2.82. The van der Waals surface area contributed by atoms with Gasteiger partial charge in [-0.25, -0.2) is 0 Å². The van der Waals surface area contributed by atoms with E-state index in [2.05, 4.69) is 15.6 Å². The lowest BCUT2D eigenvalue weighted by molar-refractivity contribution is -0.114. The fourth-order valence-electron chi connectivity index (χ4n) is 1.82. The average molecular weight is 284 g/mol. The number of amides is 2. The van der Waals surface area contributed by atoms with Crippen LogP contribution in [0, 0.1) is 6.92 Å². The van der Waals surface area contributed by atoms with E-state index in [1.807, 2.05) is 0 Å². The third-order valence-electron chi connectivity index (χ3n) is 2.82. The van der Waals surface area contributed by atoms with Gasteiger partial charge in [0, 0.05) is 18.3 Å². The molecule has 0 spiro atoms. The number of carbonyl (C=O) groups is 2. The topological polar surface area (TPSA) is 97.1 Å². The number of rotatable bonds is 3. The molecular formula is C15H16N4O2. The lowest BCUT2D eigenvalue weighted by Crippen LogP contribution is -2.14. The van der Waals surface area contributed by atoms with Crippen molar-refractivity contribution in [2.45, 2.75) is 13.8 Å². The Hall–Kier alpha value is -2.89. The highest BCUT2D eigenvalue weighted by molar-refractivity contribution is 6.05. The molecule has 2 rings (SSSR count). The van der Waals surface area contributed by atoms with Crippen LogP contribution in [-0.2, 0) is 4.79 Å². The summed E-state index contributed by atoms with van der Waals surface area (Å²) in [5.41, 5.74) is 8.41. The van der Waals surface area contributed by atoms with Crippen LogP contribution < -0.4 is 16.4 Å². The second kappa shape index (κ2) is 6.04. The molecular weight excluding hydrogens is 268 g/mol. The maximum Gasteiger partial charge on any atom is 0.257 e. The number of hydrogen-bond donors (Lipinski definition) is 3. The van der Waals surface area contributed by atoms with Gasteiger partial charge in [0.1, 0.15) is 0 Å². The van der Waals surface area contributed by atoms with E-state index >= 15 is 0 Å². The Morgan fingerprint density at radius 3 is 2.24 bits per heavy atom. The maximum atomic E-state index is 12.2. The summed E-state index contributed by atoms with van der Waals surface area (Å²) in [4.78, 5) is 27.2. The van der Waals surface area contributed by atoms with Gasteiger partial charge >= 0.3 is 0 Å². The summed E-state index contributed by atoms with van der Waals surface area (Å²) in [6.45, 7) is 3.18. The zero-order chi connectivity index (χ0) is 15.4. The number of benzene rings is 1. The molecule has 0 saturated heterocycles. The summed E-state index contributed by atoms with van der Waals surface area (Å²) >= 11 is 0. The van der Waals surface area contributed by atoms with E-state index in [4.69, 9.17) is 5.73 Å². The average Bonchev–Trinajstić information content (AvgIpc) is 2.43. The lowest BCUT2D eigenvalue weighted by atomic mass is 10.1. The van der Waals surface area contributed by atoms with Crippen molar-refractivity contribution in [3.05, 3.63) is 47.8 Å². The molecule has 2 aromatic rings. The number of carbonyl (C=O) groups excluding carboxylic acids is 2.